The van der Waals surface area contributed by atoms with Crippen LogP contribution in [0, 0.1) is 11.6 Å². The van der Waals surface area contributed by atoms with E-state index in [-0.39, 0.29) is 22.8 Å². The molecule has 0 aliphatic carbocycles. The molecule has 0 radical (unpaired) electrons. The predicted octanol–water partition coefficient (Wildman–Crippen LogP) is 5.05. The van der Waals surface area contributed by atoms with Crippen LogP contribution in [-0.2, 0) is 20.0 Å². The first-order valence-corrected chi connectivity index (χ1v) is 18.6. The second-order valence-electron chi connectivity index (χ2n) is 10.2. The molecule has 0 aliphatic rings. The zero-order valence-corrected chi connectivity index (χ0v) is 30.6. The highest BCUT2D eigenvalue weighted by Gasteiger charge is 2.22. The van der Waals surface area contributed by atoms with Gasteiger partial charge in [0.15, 0.2) is 28.4 Å². The van der Waals surface area contributed by atoms with Crippen LogP contribution in [-0.4, -0.2) is 45.0 Å². The summed E-state index contributed by atoms with van der Waals surface area (Å²) < 4.78 is 77.0. The number of nitrogens with zero attached hydrogens (tertiary/aromatic N) is 5. The average molecular weight is 809 g/mol. The molecule has 2 heterocycles. The lowest BCUT2D eigenvalue weighted by atomic mass is 10.3. The maximum absolute atomic E-state index is 14.3. The van der Waals surface area contributed by atoms with E-state index in [0.717, 1.165) is 5.69 Å². The number of anilines is 3. The Labute approximate surface area is 317 Å². The van der Waals surface area contributed by atoms with E-state index in [0.29, 0.717) is 18.1 Å². The maximum atomic E-state index is 14.3. The number of para-hydroxylation sites is 2. The van der Waals surface area contributed by atoms with Crippen molar-refractivity contribution in [3.63, 3.8) is 0 Å². The van der Waals surface area contributed by atoms with Crippen LogP contribution in [0.5, 0.6) is 0 Å². The van der Waals surface area contributed by atoms with Gasteiger partial charge in [-0.05, 0) is 73.0 Å². The number of benzene rings is 4. The molecule has 6 aromatic rings. The first kappa shape index (κ1) is 40.5. The van der Waals surface area contributed by atoms with E-state index in [4.69, 9.17) is 18.0 Å². The number of thiocarbonyl (C=S) groups is 2. The van der Waals surface area contributed by atoms with Crippen molar-refractivity contribution >= 4 is 77.8 Å². The van der Waals surface area contributed by atoms with Gasteiger partial charge in [0.25, 0.3) is 20.0 Å². The third kappa shape index (κ3) is 10.6. The number of nitrogens with two attached hydrogens (primary N) is 1. The summed E-state index contributed by atoms with van der Waals surface area (Å²) in [5.41, 5.74) is 4.26. The van der Waals surface area contributed by atoms with Crippen LogP contribution in [0.2, 0.25) is 0 Å². The fourth-order valence-electron chi connectivity index (χ4n) is 4.04. The Kier molecular flexibility index (Phi) is 13.8. The van der Waals surface area contributed by atoms with Crippen LogP contribution in [0.15, 0.2) is 158 Å². The van der Waals surface area contributed by atoms with E-state index < -0.39 is 54.7 Å². The van der Waals surface area contributed by atoms with E-state index in [2.05, 4.69) is 43.0 Å². The predicted molar refractivity (Wildman–Crippen MR) is 207 cm³/mol. The fraction of sp³-hybridized carbons (Fsp3) is 0. The molecule has 4 N–H and O–H groups in total. The molecule has 0 unspecified atom stereocenters. The largest absolute Gasteiger partial charge is 0.381 e. The monoisotopic (exact) mass is 808 g/mol. The third-order valence-corrected chi connectivity index (χ3v) is 10.1. The summed E-state index contributed by atoms with van der Waals surface area (Å²) >= 11 is 9.47. The Morgan fingerprint density at radius 1 is 0.667 bits per heavy atom. The van der Waals surface area contributed by atoms with Crippen molar-refractivity contribution in [2.75, 3.05) is 16.4 Å². The molecular formula is C34H26F2N8O6S4. The number of hydrogen-bond acceptors (Lipinski definition) is 12. The number of hydrogen-bond donors (Lipinski definition) is 3. The van der Waals surface area contributed by atoms with Gasteiger partial charge in [-0.15, -0.1) is 0 Å². The standard InChI is InChI=1S/C17H13FN4O3S2.C10H8FN3O3S.C7H5NS/c18-14-11-22(27(24,25)13-9-5-2-6-10-13)17(23)21-15(14)20-16(26)19-12-7-3-1-4-8-12;11-8-6-14(10(15)13-9(8)12)18(16,17)7-4-2-1-3-5-7;9-6-8-7-4-2-1-3-5-7/h1-11H,(H2,19,20,21,23,26);1-6H,(H2,12,13,15);1-5H. The molecule has 0 saturated heterocycles. The Morgan fingerprint density at radius 3 is 1.57 bits per heavy atom. The van der Waals surface area contributed by atoms with Crippen LogP contribution in [0.4, 0.5) is 31.8 Å². The van der Waals surface area contributed by atoms with Gasteiger partial charge < -0.3 is 16.4 Å². The minimum atomic E-state index is -4.26. The highest BCUT2D eigenvalue weighted by Crippen LogP contribution is 2.15. The number of aromatic nitrogens is 4. The van der Waals surface area contributed by atoms with Crippen LogP contribution >= 0.6 is 24.4 Å². The first-order chi connectivity index (χ1) is 25.7. The summed E-state index contributed by atoms with van der Waals surface area (Å²) in [5.74, 6) is -3.24. The molecule has 0 atom stereocenters. The topological polar surface area (TPSA) is 200 Å². The molecule has 0 amide bonds. The van der Waals surface area contributed by atoms with Crippen molar-refractivity contribution in [3.8, 4) is 0 Å². The molecule has 0 spiro atoms. The highest BCUT2D eigenvalue weighted by atomic mass is 32.2. The zero-order chi connectivity index (χ0) is 39.3. The summed E-state index contributed by atoms with van der Waals surface area (Å²) in [5, 5.41) is 7.53. The normalized spacial score (nSPS) is 10.6. The van der Waals surface area contributed by atoms with E-state index >= 15 is 0 Å². The Balaban J connectivity index is 0.000000205. The Morgan fingerprint density at radius 2 is 1.09 bits per heavy atom. The van der Waals surface area contributed by atoms with E-state index in [1.807, 2.05) is 36.4 Å². The molecule has 0 saturated carbocycles. The zero-order valence-electron chi connectivity index (χ0n) is 27.4. The van der Waals surface area contributed by atoms with Crippen molar-refractivity contribution in [1.82, 2.24) is 17.9 Å². The minimum Gasteiger partial charge on any atom is -0.381 e. The molecule has 2 aromatic heterocycles. The number of nitrogen functional groups attached to an aromatic ring is 1. The van der Waals surface area contributed by atoms with Gasteiger partial charge >= 0.3 is 11.4 Å². The van der Waals surface area contributed by atoms with Gasteiger partial charge in [0, 0.05) is 5.69 Å². The molecular weight excluding hydrogens is 783 g/mol. The van der Waals surface area contributed by atoms with Crippen molar-refractivity contribution in [1.29, 1.82) is 0 Å². The summed E-state index contributed by atoms with van der Waals surface area (Å²) in [6, 6.07) is 32.7. The van der Waals surface area contributed by atoms with Gasteiger partial charge in [0.2, 0.25) is 0 Å². The molecule has 0 aliphatic heterocycles. The quantitative estimate of drug-likeness (QED) is 0.143. The van der Waals surface area contributed by atoms with Gasteiger partial charge in [0.1, 0.15) is 0 Å². The van der Waals surface area contributed by atoms with E-state index in [9.17, 15) is 35.2 Å². The van der Waals surface area contributed by atoms with Crippen LogP contribution in [0.3, 0.4) is 0 Å². The lowest BCUT2D eigenvalue weighted by Gasteiger charge is -2.12. The van der Waals surface area contributed by atoms with E-state index in [1.54, 1.807) is 36.4 Å². The van der Waals surface area contributed by atoms with Gasteiger partial charge in [-0.25, -0.2) is 35.2 Å². The average Bonchev–Trinajstić information content (AvgIpc) is 3.16. The molecule has 6 rings (SSSR count). The maximum Gasteiger partial charge on any atom is 0.363 e. The molecule has 54 heavy (non-hydrogen) atoms. The number of aliphatic imine (C=N–C) groups is 1. The summed E-state index contributed by atoms with van der Waals surface area (Å²) in [6.07, 6.45) is 1.07. The first-order valence-electron chi connectivity index (χ1n) is 14.9. The van der Waals surface area contributed by atoms with Gasteiger partial charge in [-0.1, -0.05) is 72.8 Å². The Bertz CT molecular complexity index is 2630. The highest BCUT2D eigenvalue weighted by molar-refractivity contribution is 7.90. The molecule has 14 nitrogen and oxygen atoms in total. The SMILES string of the molecule is Nc1nc(=O)n(S(=O)(=O)c2ccccc2)cc1F.O=c1nc(NC(=S)Nc2ccccc2)c(F)cn1S(=O)(=O)c1ccccc1.S=C=Nc1ccccc1. The van der Waals surface area contributed by atoms with Crippen molar-refractivity contribution < 1.29 is 25.6 Å². The lowest BCUT2D eigenvalue weighted by Crippen LogP contribution is -2.32. The van der Waals surface area contributed by atoms with Gasteiger partial charge in [-0.2, -0.15) is 22.9 Å². The third-order valence-electron chi connectivity index (χ3n) is 6.53. The molecule has 276 valence electrons. The van der Waals surface area contributed by atoms with Crippen LogP contribution < -0.4 is 27.7 Å². The fourth-order valence-corrected chi connectivity index (χ4v) is 6.77. The smallest absolute Gasteiger partial charge is 0.363 e. The van der Waals surface area contributed by atoms with Crippen molar-refractivity contribution in [3.05, 3.63) is 166 Å². The molecule has 0 bridgehead atoms. The van der Waals surface area contributed by atoms with Crippen molar-refractivity contribution in [2.24, 2.45) is 4.99 Å². The number of rotatable bonds is 7. The number of nitrogens with one attached hydrogen (secondary N) is 2. The summed E-state index contributed by atoms with van der Waals surface area (Å²) in [4.78, 5) is 33.6. The molecule has 4 aromatic carbocycles. The lowest BCUT2D eigenvalue weighted by molar-refractivity contribution is 0.571. The number of halogens is 2. The number of isothiocyanates is 1. The minimum absolute atomic E-state index is 0.00401. The summed E-state index contributed by atoms with van der Waals surface area (Å²) in [7, 11) is -8.42. The van der Waals surface area contributed by atoms with E-state index in [1.165, 1.54) is 48.5 Å². The van der Waals surface area contributed by atoms with Crippen LogP contribution in [0.1, 0.15) is 0 Å². The second-order valence-corrected chi connectivity index (χ2v) is 14.4. The van der Waals surface area contributed by atoms with Gasteiger partial charge in [0.05, 0.1) is 33.0 Å². The van der Waals surface area contributed by atoms with Crippen LogP contribution in [0.25, 0.3) is 0 Å². The van der Waals surface area contributed by atoms with Gasteiger partial charge in [-0.3, -0.25) is 0 Å². The summed E-state index contributed by atoms with van der Waals surface area (Å²) in [6.45, 7) is 0. The molecule has 0 fully saturated rings. The van der Waals surface area contributed by atoms with Crippen molar-refractivity contribution in [2.45, 2.75) is 9.79 Å². The molecule has 20 heteroatoms. The second kappa shape index (κ2) is 18.4. The Hall–Kier alpha value is -6.31.